The predicted molar refractivity (Wildman–Crippen MR) is 81.9 cm³/mol. The fourth-order valence-electron chi connectivity index (χ4n) is 2.01. The number of carbonyl (C=O) groups excluding carboxylic acids is 2. The smallest absolute Gasteiger partial charge is 0.287 e. The maximum atomic E-state index is 12.0. The van der Waals surface area contributed by atoms with Gasteiger partial charge in [-0.3, -0.25) is 9.59 Å². The molecule has 1 aromatic rings. The highest BCUT2D eigenvalue weighted by Crippen LogP contribution is 2.08. The van der Waals surface area contributed by atoms with Crippen LogP contribution in [0.15, 0.2) is 22.8 Å². The van der Waals surface area contributed by atoms with Gasteiger partial charge < -0.3 is 15.1 Å². The number of furan rings is 1. The first-order chi connectivity index (χ1) is 9.90. The van der Waals surface area contributed by atoms with E-state index in [-0.39, 0.29) is 23.6 Å². The standard InChI is InChI=1S/C16H26N2O3/c1-11(2)7-5-8-12(3)17-15(19)13(4)18-16(20)14-9-6-10-21-14/h6,9-13H,5,7-8H2,1-4H3,(H,17,19)(H,18,20). The minimum atomic E-state index is -0.588. The number of carbonyl (C=O) groups is 2. The second kappa shape index (κ2) is 8.49. The average Bonchev–Trinajstić information content (AvgIpc) is 2.91. The Kier molecular flexibility index (Phi) is 6.99. The second-order valence-electron chi connectivity index (χ2n) is 5.91. The molecular weight excluding hydrogens is 268 g/mol. The minimum Gasteiger partial charge on any atom is -0.459 e. The van der Waals surface area contributed by atoms with Gasteiger partial charge in [0, 0.05) is 6.04 Å². The topological polar surface area (TPSA) is 71.3 Å². The Labute approximate surface area is 126 Å². The van der Waals surface area contributed by atoms with Crippen molar-refractivity contribution in [3.63, 3.8) is 0 Å². The van der Waals surface area contributed by atoms with Crippen molar-refractivity contribution in [2.45, 2.75) is 59.0 Å². The summed E-state index contributed by atoms with van der Waals surface area (Å²) in [6, 6.07) is 2.72. The summed E-state index contributed by atoms with van der Waals surface area (Å²) in [7, 11) is 0. The van der Waals surface area contributed by atoms with Gasteiger partial charge in [-0.1, -0.05) is 26.7 Å². The molecule has 1 heterocycles. The van der Waals surface area contributed by atoms with Gasteiger partial charge in [-0.2, -0.15) is 0 Å². The highest BCUT2D eigenvalue weighted by atomic mass is 16.3. The van der Waals surface area contributed by atoms with Gasteiger partial charge in [0.15, 0.2) is 5.76 Å². The summed E-state index contributed by atoms with van der Waals surface area (Å²) >= 11 is 0. The number of hydrogen-bond donors (Lipinski definition) is 2. The van der Waals surface area contributed by atoms with Crippen LogP contribution in [-0.2, 0) is 4.79 Å². The minimum absolute atomic E-state index is 0.110. The lowest BCUT2D eigenvalue weighted by Crippen LogP contribution is -2.47. The fourth-order valence-corrected chi connectivity index (χ4v) is 2.01. The third kappa shape index (κ3) is 6.47. The van der Waals surface area contributed by atoms with Gasteiger partial charge >= 0.3 is 0 Å². The van der Waals surface area contributed by atoms with Crippen molar-refractivity contribution in [3.05, 3.63) is 24.2 Å². The van der Waals surface area contributed by atoms with Crippen LogP contribution in [0.1, 0.15) is 57.5 Å². The maximum Gasteiger partial charge on any atom is 0.287 e. The van der Waals surface area contributed by atoms with Crippen LogP contribution in [-0.4, -0.2) is 23.9 Å². The number of amides is 2. The summed E-state index contributed by atoms with van der Waals surface area (Å²) in [4.78, 5) is 23.8. The van der Waals surface area contributed by atoms with Gasteiger partial charge in [-0.15, -0.1) is 0 Å². The number of hydrogen-bond acceptors (Lipinski definition) is 3. The lowest BCUT2D eigenvalue weighted by atomic mass is 10.0. The molecular formula is C16H26N2O3. The molecule has 0 bridgehead atoms. The third-order valence-corrected chi connectivity index (χ3v) is 3.29. The SMILES string of the molecule is CC(C)CCCC(C)NC(=O)C(C)NC(=O)c1ccco1. The van der Waals surface area contributed by atoms with Crippen molar-refractivity contribution in [3.8, 4) is 0 Å². The van der Waals surface area contributed by atoms with E-state index in [9.17, 15) is 9.59 Å². The summed E-state index contributed by atoms with van der Waals surface area (Å²) in [5.74, 6) is 0.334. The quantitative estimate of drug-likeness (QED) is 0.774. The lowest BCUT2D eigenvalue weighted by molar-refractivity contribution is -0.123. The maximum absolute atomic E-state index is 12.0. The Morgan fingerprint density at radius 2 is 1.86 bits per heavy atom. The molecule has 0 radical (unpaired) electrons. The van der Waals surface area contributed by atoms with E-state index in [1.165, 1.54) is 6.26 Å². The molecule has 2 atom stereocenters. The van der Waals surface area contributed by atoms with Crippen molar-refractivity contribution in [2.24, 2.45) is 5.92 Å². The van der Waals surface area contributed by atoms with Crippen molar-refractivity contribution in [1.82, 2.24) is 10.6 Å². The molecule has 118 valence electrons. The Balaban J connectivity index is 2.32. The van der Waals surface area contributed by atoms with Gasteiger partial charge in [0.25, 0.3) is 5.91 Å². The molecule has 0 aliphatic rings. The summed E-state index contributed by atoms with van der Waals surface area (Å²) in [6.07, 6.45) is 4.62. The molecule has 0 saturated carbocycles. The number of rotatable bonds is 8. The molecule has 2 N–H and O–H groups in total. The van der Waals surface area contributed by atoms with E-state index >= 15 is 0 Å². The summed E-state index contributed by atoms with van der Waals surface area (Å²) in [5, 5.41) is 5.54. The molecule has 0 fully saturated rings. The van der Waals surface area contributed by atoms with E-state index in [0.29, 0.717) is 5.92 Å². The molecule has 5 heteroatoms. The Morgan fingerprint density at radius 3 is 2.43 bits per heavy atom. The monoisotopic (exact) mass is 294 g/mol. The number of nitrogens with one attached hydrogen (secondary N) is 2. The van der Waals surface area contributed by atoms with Gasteiger partial charge in [0.05, 0.1) is 6.26 Å². The van der Waals surface area contributed by atoms with Crippen LogP contribution in [0.2, 0.25) is 0 Å². The molecule has 0 saturated heterocycles. The lowest BCUT2D eigenvalue weighted by Gasteiger charge is -2.18. The zero-order chi connectivity index (χ0) is 15.8. The normalized spacial score (nSPS) is 13.8. The largest absolute Gasteiger partial charge is 0.459 e. The predicted octanol–water partition coefficient (Wildman–Crippen LogP) is 2.73. The Bertz CT molecular complexity index is 440. The highest BCUT2D eigenvalue weighted by Gasteiger charge is 2.19. The van der Waals surface area contributed by atoms with E-state index in [1.807, 2.05) is 6.92 Å². The summed E-state index contributed by atoms with van der Waals surface area (Å²) < 4.78 is 4.99. The van der Waals surface area contributed by atoms with Crippen LogP contribution in [0, 0.1) is 5.92 Å². The average molecular weight is 294 g/mol. The highest BCUT2D eigenvalue weighted by molar-refractivity contribution is 5.95. The molecule has 0 aromatic carbocycles. The second-order valence-corrected chi connectivity index (χ2v) is 5.91. The molecule has 0 spiro atoms. The molecule has 21 heavy (non-hydrogen) atoms. The van der Waals surface area contributed by atoms with Crippen LogP contribution in [0.3, 0.4) is 0 Å². The Hall–Kier alpha value is -1.78. The summed E-state index contributed by atoms with van der Waals surface area (Å²) in [5.41, 5.74) is 0. The first-order valence-electron chi connectivity index (χ1n) is 7.55. The van der Waals surface area contributed by atoms with Crippen molar-refractivity contribution in [2.75, 3.05) is 0 Å². The summed E-state index contributed by atoms with van der Waals surface area (Å²) in [6.45, 7) is 8.03. The molecule has 1 rings (SSSR count). The van der Waals surface area contributed by atoms with Crippen LogP contribution in [0.5, 0.6) is 0 Å². The molecule has 5 nitrogen and oxygen atoms in total. The fraction of sp³-hybridized carbons (Fsp3) is 0.625. The van der Waals surface area contributed by atoms with Crippen molar-refractivity contribution in [1.29, 1.82) is 0 Å². The molecule has 2 unspecified atom stereocenters. The Morgan fingerprint density at radius 1 is 1.14 bits per heavy atom. The first kappa shape index (κ1) is 17.3. The van der Waals surface area contributed by atoms with Crippen LogP contribution in [0.4, 0.5) is 0 Å². The van der Waals surface area contributed by atoms with Crippen LogP contribution in [0.25, 0.3) is 0 Å². The van der Waals surface area contributed by atoms with Gasteiger partial charge in [0.1, 0.15) is 6.04 Å². The van der Waals surface area contributed by atoms with Crippen LogP contribution < -0.4 is 10.6 Å². The third-order valence-electron chi connectivity index (χ3n) is 3.29. The van der Waals surface area contributed by atoms with E-state index in [1.54, 1.807) is 19.1 Å². The van der Waals surface area contributed by atoms with Gasteiger partial charge in [-0.25, -0.2) is 0 Å². The van der Waals surface area contributed by atoms with Crippen molar-refractivity contribution >= 4 is 11.8 Å². The zero-order valence-corrected chi connectivity index (χ0v) is 13.3. The van der Waals surface area contributed by atoms with E-state index < -0.39 is 6.04 Å². The van der Waals surface area contributed by atoms with E-state index in [0.717, 1.165) is 19.3 Å². The van der Waals surface area contributed by atoms with E-state index in [2.05, 4.69) is 24.5 Å². The molecule has 0 aliphatic heterocycles. The molecule has 0 aliphatic carbocycles. The first-order valence-corrected chi connectivity index (χ1v) is 7.55. The van der Waals surface area contributed by atoms with Gasteiger partial charge in [0.2, 0.25) is 5.91 Å². The van der Waals surface area contributed by atoms with Crippen molar-refractivity contribution < 1.29 is 14.0 Å². The molecule has 1 aromatic heterocycles. The zero-order valence-electron chi connectivity index (χ0n) is 13.3. The van der Waals surface area contributed by atoms with Gasteiger partial charge in [-0.05, 0) is 38.3 Å². The van der Waals surface area contributed by atoms with Crippen LogP contribution >= 0.6 is 0 Å². The molecule has 2 amide bonds. The van der Waals surface area contributed by atoms with E-state index in [4.69, 9.17) is 4.42 Å².